The summed E-state index contributed by atoms with van der Waals surface area (Å²) in [5.41, 5.74) is 0.893. The summed E-state index contributed by atoms with van der Waals surface area (Å²) in [6.07, 6.45) is 1.66. The number of unbranched alkanes of at least 4 members (excludes halogenated alkanes) is 1. The highest BCUT2D eigenvalue weighted by Gasteiger charge is 2.28. The van der Waals surface area contributed by atoms with E-state index in [0.717, 1.165) is 12.8 Å². The highest BCUT2D eigenvalue weighted by molar-refractivity contribution is 7.89. The number of morpholine rings is 1. The summed E-state index contributed by atoms with van der Waals surface area (Å²) in [6, 6.07) is 7.47. The van der Waals surface area contributed by atoms with Gasteiger partial charge in [0, 0.05) is 38.8 Å². The highest BCUT2D eigenvalue weighted by Crippen LogP contribution is 2.31. The zero-order chi connectivity index (χ0) is 24.7. The number of anilines is 2. The van der Waals surface area contributed by atoms with E-state index in [1.807, 2.05) is 25.7 Å². The fourth-order valence-corrected chi connectivity index (χ4v) is 5.21. The van der Waals surface area contributed by atoms with Gasteiger partial charge in [0.05, 0.1) is 29.5 Å². The van der Waals surface area contributed by atoms with Gasteiger partial charge in [0.15, 0.2) is 0 Å². The first-order chi connectivity index (χ1) is 16.3. The Bertz CT molecular complexity index is 1150. The lowest BCUT2D eigenvalue weighted by atomic mass is 10.2. The first-order valence-electron chi connectivity index (χ1n) is 11.7. The molecule has 1 aliphatic heterocycles. The molecule has 1 aliphatic rings. The van der Waals surface area contributed by atoms with Gasteiger partial charge in [-0.1, -0.05) is 13.3 Å². The van der Waals surface area contributed by atoms with Crippen LogP contribution in [0.3, 0.4) is 0 Å². The molecule has 34 heavy (non-hydrogen) atoms. The molecule has 186 valence electrons. The van der Waals surface area contributed by atoms with E-state index >= 15 is 0 Å². The Hall–Kier alpha value is -2.76. The molecule has 0 unspecified atom stereocenters. The van der Waals surface area contributed by atoms with Crippen LogP contribution in [0.5, 0.6) is 0 Å². The van der Waals surface area contributed by atoms with Crippen LogP contribution in [0.1, 0.15) is 44.1 Å². The maximum Gasteiger partial charge on any atom is 0.276 e. The topological polar surface area (TPSA) is 114 Å². The fourth-order valence-electron chi connectivity index (χ4n) is 3.78. The van der Waals surface area contributed by atoms with Gasteiger partial charge in [-0.2, -0.15) is 9.40 Å². The smallest absolute Gasteiger partial charge is 0.276 e. The number of nitrogens with one attached hydrogen (secondary N) is 1. The highest BCUT2D eigenvalue weighted by atomic mass is 32.2. The summed E-state index contributed by atoms with van der Waals surface area (Å²) in [7, 11) is -3.74. The maximum atomic E-state index is 13.2. The van der Waals surface area contributed by atoms with Gasteiger partial charge in [-0.15, -0.1) is 0 Å². The Morgan fingerprint density at radius 2 is 1.82 bits per heavy atom. The number of nitrogens with zero attached hydrogens (tertiary/aromatic N) is 4. The molecule has 11 heteroatoms. The van der Waals surface area contributed by atoms with Gasteiger partial charge in [-0.25, -0.2) is 13.1 Å². The monoisotopic (exact) mass is 491 g/mol. The number of benzene rings is 1. The van der Waals surface area contributed by atoms with Crippen molar-refractivity contribution < 1.29 is 17.9 Å². The third-order valence-electron chi connectivity index (χ3n) is 5.75. The molecule has 0 aliphatic carbocycles. The first kappa shape index (κ1) is 25.9. The van der Waals surface area contributed by atoms with E-state index in [4.69, 9.17) is 4.74 Å². The summed E-state index contributed by atoms with van der Waals surface area (Å²) >= 11 is 0. The number of aryl methyl sites for hydroxylation is 1. The number of hydrogen-bond donors (Lipinski definition) is 1. The first-order valence-corrected chi connectivity index (χ1v) is 13.1. The lowest BCUT2D eigenvalue weighted by molar-refractivity contribution is 0.0730. The molecule has 2 heterocycles. The SMILES string of the molecule is CCCCn1nc(C(=O)Nc2cc(S(=O)(=O)N3CCOCC3)ccc2N(CC)CC)ccc1=O. The van der Waals surface area contributed by atoms with Crippen LogP contribution >= 0.6 is 0 Å². The molecule has 1 aromatic carbocycles. The molecule has 1 fully saturated rings. The summed E-state index contributed by atoms with van der Waals surface area (Å²) in [5, 5.41) is 7.03. The Balaban J connectivity index is 1.97. The van der Waals surface area contributed by atoms with E-state index < -0.39 is 15.9 Å². The van der Waals surface area contributed by atoms with Crippen LogP contribution in [0.15, 0.2) is 40.0 Å². The minimum atomic E-state index is -3.74. The van der Waals surface area contributed by atoms with Crippen molar-refractivity contribution in [1.82, 2.24) is 14.1 Å². The quantitative estimate of drug-likeness (QED) is 0.542. The van der Waals surface area contributed by atoms with Crippen molar-refractivity contribution >= 4 is 27.3 Å². The minimum Gasteiger partial charge on any atom is -0.379 e. The third-order valence-corrected chi connectivity index (χ3v) is 7.65. The number of carbonyl (C=O) groups is 1. The van der Waals surface area contributed by atoms with E-state index in [1.54, 1.807) is 12.1 Å². The van der Waals surface area contributed by atoms with Crippen molar-refractivity contribution in [2.24, 2.45) is 0 Å². The van der Waals surface area contributed by atoms with Crippen LogP contribution in [-0.2, 0) is 21.3 Å². The van der Waals surface area contributed by atoms with Crippen molar-refractivity contribution in [1.29, 1.82) is 0 Å². The lowest BCUT2D eigenvalue weighted by Gasteiger charge is -2.28. The molecular weight excluding hydrogens is 458 g/mol. The van der Waals surface area contributed by atoms with Crippen LogP contribution in [-0.4, -0.2) is 67.8 Å². The summed E-state index contributed by atoms with van der Waals surface area (Å²) in [4.78, 5) is 27.3. The van der Waals surface area contributed by atoms with Crippen molar-refractivity contribution in [2.45, 2.75) is 45.1 Å². The van der Waals surface area contributed by atoms with E-state index in [1.165, 1.54) is 27.2 Å². The number of amides is 1. The second kappa shape index (κ2) is 11.6. The van der Waals surface area contributed by atoms with Crippen LogP contribution < -0.4 is 15.8 Å². The minimum absolute atomic E-state index is 0.0858. The average Bonchev–Trinajstić information content (AvgIpc) is 2.85. The number of ether oxygens (including phenoxy) is 1. The predicted molar refractivity (Wildman–Crippen MR) is 131 cm³/mol. The Morgan fingerprint density at radius 3 is 2.47 bits per heavy atom. The van der Waals surface area contributed by atoms with Gasteiger partial charge in [0.1, 0.15) is 5.69 Å². The van der Waals surface area contributed by atoms with Gasteiger partial charge >= 0.3 is 0 Å². The van der Waals surface area contributed by atoms with Crippen molar-refractivity contribution in [3.8, 4) is 0 Å². The molecule has 0 saturated carbocycles. The number of hydrogen-bond acceptors (Lipinski definition) is 7. The second-order valence-electron chi connectivity index (χ2n) is 7.96. The van der Waals surface area contributed by atoms with Crippen LogP contribution in [0.4, 0.5) is 11.4 Å². The molecule has 0 bridgehead atoms. The Kier molecular flexibility index (Phi) is 8.81. The van der Waals surface area contributed by atoms with Gasteiger partial charge in [-0.05, 0) is 44.5 Å². The van der Waals surface area contributed by atoms with Crippen molar-refractivity contribution in [3.05, 3.63) is 46.4 Å². The van der Waals surface area contributed by atoms with E-state index in [9.17, 15) is 18.0 Å². The number of sulfonamides is 1. The Labute approximate surface area is 200 Å². The number of aromatic nitrogens is 2. The summed E-state index contributed by atoms with van der Waals surface area (Å²) in [5.74, 6) is -0.514. The maximum absolute atomic E-state index is 13.2. The lowest BCUT2D eigenvalue weighted by Crippen LogP contribution is -2.40. The molecule has 0 atom stereocenters. The van der Waals surface area contributed by atoms with Gasteiger partial charge in [0.25, 0.3) is 11.5 Å². The molecule has 1 amide bonds. The number of carbonyl (C=O) groups excluding carboxylic acids is 1. The Morgan fingerprint density at radius 1 is 1.12 bits per heavy atom. The van der Waals surface area contributed by atoms with Crippen LogP contribution in [0, 0.1) is 0 Å². The largest absolute Gasteiger partial charge is 0.379 e. The molecule has 1 aromatic heterocycles. The fraction of sp³-hybridized carbons (Fsp3) is 0.522. The van der Waals surface area contributed by atoms with Crippen molar-refractivity contribution in [3.63, 3.8) is 0 Å². The zero-order valence-electron chi connectivity index (χ0n) is 20.0. The van der Waals surface area contributed by atoms with Gasteiger partial charge < -0.3 is 15.0 Å². The van der Waals surface area contributed by atoms with Crippen LogP contribution in [0.2, 0.25) is 0 Å². The predicted octanol–water partition coefficient (Wildman–Crippen LogP) is 2.16. The molecule has 0 radical (unpaired) electrons. The van der Waals surface area contributed by atoms with Crippen LogP contribution in [0.25, 0.3) is 0 Å². The van der Waals surface area contributed by atoms with Crippen molar-refractivity contribution in [2.75, 3.05) is 49.6 Å². The summed E-state index contributed by atoms with van der Waals surface area (Å²) in [6.45, 7) is 9.01. The third kappa shape index (κ3) is 5.83. The summed E-state index contributed by atoms with van der Waals surface area (Å²) < 4.78 is 34.3. The molecule has 3 rings (SSSR count). The molecular formula is C23H33N5O5S. The zero-order valence-corrected chi connectivity index (χ0v) is 20.8. The standard InChI is InChI=1S/C23H33N5O5S/c1-4-7-12-28-22(29)11-9-19(25-28)23(30)24-20-17-18(8-10-21(20)26(5-2)6-3)34(31,32)27-13-15-33-16-14-27/h8-11,17H,4-7,12-16H2,1-3H3,(H,24,30). The van der Waals surface area contributed by atoms with Gasteiger partial charge in [0.2, 0.25) is 10.0 Å². The molecule has 2 aromatic rings. The second-order valence-corrected chi connectivity index (χ2v) is 9.89. The van der Waals surface area contributed by atoms with E-state index in [0.29, 0.717) is 44.2 Å². The molecule has 0 spiro atoms. The number of rotatable bonds is 10. The molecule has 1 saturated heterocycles. The molecule has 1 N–H and O–H groups in total. The van der Waals surface area contributed by atoms with E-state index in [2.05, 4.69) is 10.4 Å². The normalized spacial score (nSPS) is 14.7. The van der Waals surface area contributed by atoms with Gasteiger partial charge in [-0.3, -0.25) is 9.59 Å². The van der Waals surface area contributed by atoms with E-state index in [-0.39, 0.29) is 29.2 Å². The average molecular weight is 492 g/mol. The molecule has 10 nitrogen and oxygen atoms in total.